The fourth-order valence-electron chi connectivity index (χ4n) is 2.88. The van der Waals surface area contributed by atoms with Crippen LogP contribution in [0.2, 0.25) is 0 Å². The maximum absolute atomic E-state index is 11.2. The van der Waals surface area contributed by atoms with E-state index in [1.807, 2.05) is 12.4 Å². The van der Waals surface area contributed by atoms with E-state index in [1.165, 1.54) is 31.3 Å². The van der Waals surface area contributed by atoms with Gasteiger partial charge in [-0.1, -0.05) is 11.3 Å². The van der Waals surface area contributed by atoms with Gasteiger partial charge in [-0.25, -0.2) is 9.97 Å². The number of rotatable bonds is 7. The standard InChI is InChI=1S/C17H23N5O2S/c1-24-16(23)5-4-15-21-22-17(25-15)13-10-19-14(20-11-13)3-2-12-6-8-18-9-7-12/h10-12,18H,2-9H2,1H3. The molecular weight excluding hydrogens is 338 g/mol. The lowest BCUT2D eigenvalue weighted by Crippen LogP contribution is -2.28. The fourth-order valence-corrected chi connectivity index (χ4v) is 3.69. The first-order chi connectivity index (χ1) is 12.2. The van der Waals surface area contributed by atoms with Crippen molar-refractivity contribution in [3.8, 4) is 10.6 Å². The second-order valence-electron chi connectivity index (χ2n) is 6.20. The van der Waals surface area contributed by atoms with Crippen molar-refractivity contribution in [1.29, 1.82) is 0 Å². The zero-order valence-electron chi connectivity index (χ0n) is 14.4. The van der Waals surface area contributed by atoms with Crippen LogP contribution in [0.4, 0.5) is 0 Å². The summed E-state index contributed by atoms with van der Waals surface area (Å²) in [6, 6.07) is 0. The largest absolute Gasteiger partial charge is 0.469 e. The first-order valence-corrected chi connectivity index (χ1v) is 9.47. The summed E-state index contributed by atoms with van der Waals surface area (Å²) < 4.78 is 4.64. The van der Waals surface area contributed by atoms with Gasteiger partial charge < -0.3 is 10.1 Å². The number of ether oxygens (including phenoxy) is 1. The Morgan fingerprint density at radius 1 is 1.24 bits per heavy atom. The topological polar surface area (TPSA) is 89.9 Å². The van der Waals surface area contributed by atoms with Gasteiger partial charge in [-0.2, -0.15) is 0 Å². The van der Waals surface area contributed by atoms with Crippen LogP contribution in [0.25, 0.3) is 10.6 Å². The molecular formula is C17H23N5O2S. The van der Waals surface area contributed by atoms with Gasteiger partial charge >= 0.3 is 5.97 Å². The number of piperidine rings is 1. The van der Waals surface area contributed by atoms with Crippen molar-refractivity contribution in [3.63, 3.8) is 0 Å². The number of carbonyl (C=O) groups is 1. The van der Waals surface area contributed by atoms with Gasteiger partial charge in [0.05, 0.1) is 13.5 Å². The minimum Gasteiger partial charge on any atom is -0.469 e. The summed E-state index contributed by atoms with van der Waals surface area (Å²) in [6.07, 6.45) is 9.05. The molecule has 3 heterocycles. The van der Waals surface area contributed by atoms with E-state index in [0.717, 1.165) is 53.3 Å². The van der Waals surface area contributed by atoms with E-state index < -0.39 is 0 Å². The summed E-state index contributed by atoms with van der Waals surface area (Å²) in [5.41, 5.74) is 0.868. The lowest BCUT2D eigenvalue weighted by molar-refractivity contribution is -0.140. The highest BCUT2D eigenvalue weighted by atomic mass is 32.1. The molecule has 0 aliphatic carbocycles. The predicted octanol–water partition coefficient (Wildman–Crippen LogP) is 2.03. The third kappa shape index (κ3) is 5.27. The minimum atomic E-state index is -0.238. The Morgan fingerprint density at radius 3 is 2.72 bits per heavy atom. The maximum Gasteiger partial charge on any atom is 0.305 e. The molecule has 2 aromatic rings. The van der Waals surface area contributed by atoms with Crippen LogP contribution >= 0.6 is 11.3 Å². The molecule has 0 unspecified atom stereocenters. The van der Waals surface area contributed by atoms with Crippen LogP contribution in [0.1, 0.15) is 36.5 Å². The Balaban J connectivity index is 1.53. The van der Waals surface area contributed by atoms with Gasteiger partial charge in [0, 0.05) is 30.8 Å². The molecule has 1 aliphatic rings. The Kier molecular flexibility index (Phi) is 6.41. The van der Waals surface area contributed by atoms with Crippen molar-refractivity contribution in [3.05, 3.63) is 23.2 Å². The molecule has 0 saturated carbocycles. The van der Waals surface area contributed by atoms with Crippen LogP contribution in [0.15, 0.2) is 12.4 Å². The van der Waals surface area contributed by atoms with Crippen molar-refractivity contribution < 1.29 is 9.53 Å². The molecule has 0 amide bonds. The molecule has 134 valence electrons. The van der Waals surface area contributed by atoms with Crippen molar-refractivity contribution in [2.45, 2.75) is 38.5 Å². The number of nitrogens with zero attached hydrogens (tertiary/aromatic N) is 4. The molecule has 1 aliphatic heterocycles. The Bertz CT molecular complexity index is 683. The lowest BCUT2D eigenvalue weighted by atomic mass is 9.93. The Hall–Kier alpha value is -1.93. The third-order valence-electron chi connectivity index (χ3n) is 4.42. The van der Waals surface area contributed by atoms with Gasteiger partial charge in [-0.3, -0.25) is 4.79 Å². The van der Waals surface area contributed by atoms with Crippen LogP contribution in [0.3, 0.4) is 0 Å². The SMILES string of the molecule is COC(=O)CCc1nnc(-c2cnc(CCC3CCNCC3)nc2)s1. The van der Waals surface area contributed by atoms with Gasteiger partial charge in [0.25, 0.3) is 0 Å². The Labute approximate surface area is 151 Å². The molecule has 0 bridgehead atoms. The van der Waals surface area contributed by atoms with Crippen LogP contribution < -0.4 is 5.32 Å². The van der Waals surface area contributed by atoms with Crippen molar-refractivity contribution in [1.82, 2.24) is 25.5 Å². The van der Waals surface area contributed by atoms with Crippen LogP contribution in [0.5, 0.6) is 0 Å². The van der Waals surface area contributed by atoms with Gasteiger partial charge in [-0.15, -0.1) is 10.2 Å². The highest BCUT2D eigenvalue weighted by molar-refractivity contribution is 7.14. The molecule has 2 aromatic heterocycles. The quantitative estimate of drug-likeness (QED) is 0.755. The smallest absolute Gasteiger partial charge is 0.305 e. The first-order valence-electron chi connectivity index (χ1n) is 8.66. The van der Waals surface area contributed by atoms with Gasteiger partial charge in [0.1, 0.15) is 10.8 Å². The summed E-state index contributed by atoms with van der Waals surface area (Å²) >= 11 is 1.46. The first kappa shape index (κ1) is 17.9. The highest BCUT2D eigenvalue weighted by Crippen LogP contribution is 2.23. The number of hydrogen-bond donors (Lipinski definition) is 1. The zero-order valence-corrected chi connectivity index (χ0v) is 15.2. The molecule has 3 rings (SSSR count). The second-order valence-corrected chi connectivity index (χ2v) is 7.26. The van der Waals surface area contributed by atoms with Gasteiger partial charge in [-0.05, 0) is 38.3 Å². The van der Waals surface area contributed by atoms with E-state index in [0.29, 0.717) is 12.8 Å². The molecule has 0 spiro atoms. The summed E-state index contributed by atoms with van der Waals surface area (Å²) in [4.78, 5) is 20.1. The van der Waals surface area contributed by atoms with Crippen LogP contribution in [-0.2, 0) is 22.4 Å². The number of methoxy groups -OCH3 is 1. The number of aromatic nitrogens is 4. The van der Waals surface area contributed by atoms with E-state index in [-0.39, 0.29) is 5.97 Å². The number of esters is 1. The molecule has 1 saturated heterocycles. The summed E-state index contributed by atoms with van der Waals surface area (Å²) in [5, 5.41) is 13.3. The molecule has 0 aromatic carbocycles. The monoisotopic (exact) mass is 361 g/mol. The lowest BCUT2D eigenvalue weighted by Gasteiger charge is -2.21. The average Bonchev–Trinajstić information content (AvgIpc) is 3.14. The molecule has 8 heteroatoms. The third-order valence-corrected chi connectivity index (χ3v) is 5.46. The molecule has 25 heavy (non-hydrogen) atoms. The highest BCUT2D eigenvalue weighted by Gasteiger charge is 2.14. The maximum atomic E-state index is 11.2. The Morgan fingerprint density at radius 2 is 2.00 bits per heavy atom. The average molecular weight is 361 g/mol. The van der Waals surface area contributed by atoms with Crippen LogP contribution in [0, 0.1) is 5.92 Å². The number of nitrogens with one attached hydrogen (secondary N) is 1. The molecule has 1 N–H and O–H groups in total. The number of aryl methyl sites for hydroxylation is 2. The number of hydrogen-bond acceptors (Lipinski definition) is 8. The van der Waals surface area contributed by atoms with Crippen LogP contribution in [-0.4, -0.2) is 46.3 Å². The second kappa shape index (κ2) is 8.96. The van der Waals surface area contributed by atoms with E-state index in [2.05, 4.69) is 30.2 Å². The van der Waals surface area contributed by atoms with E-state index in [1.54, 1.807) is 0 Å². The van der Waals surface area contributed by atoms with Crippen molar-refractivity contribution >= 4 is 17.3 Å². The summed E-state index contributed by atoms with van der Waals surface area (Å²) in [5.74, 6) is 1.43. The van der Waals surface area contributed by atoms with Gasteiger partial charge in [0.2, 0.25) is 0 Å². The van der Waals surface area contributed by atoms with E-state index in [9.17, 15) is 4.79 Å². The van der Waals surface area contributed by atoms with E-state index in [4.69, 9.17) is 0 Å². The van der Waals surface area contributed by atoms with Crippen molar-refractivity contribution in [2.75, 3.05) is 20.2 Å². The normalized spacial score (nSPS) is 15.2. The van der Waals surface area contributed by atoms with Gasteiger partial charge in [0.15, 0.2) is 5.01 Å². The number of carbonyl (C=O) groups excluding carboxylic acids is 1. The molecule has 1 fully saturated rings. The minimum absolute atomic E-state index is 0.238. The van der Waals surface area contributed by atoms with E-state index >= 15 is 0 Å². The summed E-state index contributed by atoms with van der Waals surface area (Å²) in [6.45, 7) is 2.25. The molecule has 0 radical (unpaired) electrons. The zero-order chi connectivity index (χ0) is 17.5. The summed E-state index contributed by atoms with van der Waals surface area (Å²) in [7, 11) is 1.39. The van der Waals surface area contributed by atoms with Crippen molar-refractivity contribution in [2.24, 2.45) is 5.92 Å². The molecule has 0 atom stereocenters. The molecule has 7 nitrogen and oxygen atoms in total. The predicted molar refractivity (Wildman–Crippen MR) is 95.2 cm³/mol. The fraction of sp³-hybridized carbons (Fsp3) is 0.588.